The number of rotatable bonds is 13. The molecule has 0 radical (unpaired) electrons. The van der Waals surface area contributed by atoms with Crippen molar-refractivity contribution in [2.75, 3.05) is 21.1 Å². The van der Waals surface area contributed by atoms with Crippen LogP contribution >= 0.6 is 0 Å². The van der Waals surface area contributed by atoms with Gasteiger partial charge in [-0.05, 0) is 6.42 Å². The number of hydrogen-bond donors (Lipinski definition) is 1. The molecule has 0 heterocycles. The fraction of sp³-hybridized carbons (Fsp3) is 0.941. The Kier molecular flexibility index (Phi) is 10.8. The lowest BCUT2D eigenvalue weighted by Crippen LogP contribution is -2.49. The first kappa shape index (κ1) is 19.4. The second-order valence-electron chi connectivity index (χ2n) is 6.94. The summed E-state index contributed by atoms with van der Waals surface area (Å²) < 4.78 is 0.521. The molecule has 3 heteroatoms. The summed E-state index contributed by atoms with van der Waals surface area (Å²) >= 11 is 0. The molecule has 3 nitrogen and oxygen atoms in total. The summed E-state index contributed by atoms with van der Waals surface area (Å²) in [5.74, 6) is -0.659. The third kappa shape index (κ3) is 10.2. The minimum absolute atomic E-state index is 0.260. The monoisotopic (exact) mass is 286 g/mol. The van der Waals surface area contributed by atoms with E-state index in [0.29, 0.717) is 4.48 Å². The van der Waals surface area contributed by atoms with Gasteiger partial charge in [0, 0.05) is 6.42 Å². The van der Waals surface area contributed by atoms with Crippen LogP contribution in [-0.4, -0.2) is 42.7 Å². The smallest absolute Gasteiger partial charge is 0.362 e. The summed E-state index contributed by atoms with van der Waals surface area (Å²) in [7, 11) is 5.90. The molecule has 0 amide bonds. The van der Waals surface area contributed by atoms with E-state index in [2.05, 4.69) is 6.92 Å². The Morgan fingerprint density at radius 2 is 1.25 bits per heavy atom. The van der Waals surface area contributed by atoms with Crippen LogP contribution in [0.3, 0.4) is 0 Å². The molecule has 0 saturated carbocycles. The predicted octanol–water partition coefficient (Wildman–Crippen LogP) is 4.46. The number of quaternary nitrogens is 1. The van der Waals surface area contributed by atoms with Crippen molar-refractivity contribution in [3.05, 3.63) is 0 Å². The Labute approximate surface area is 126 Å². The zero-order valence-corrected chi connectivity index (χ0v) is 14.2. The fourth-order valence-electron chi connectivity index (χ4n) is 2.67. The topological polar surface area (TPSA) is 37.3 Å². The summed E-state index contributed by atoms with van der Waals surface area (Å²) in [6.45, 7) is 2.25. The fourth-order valence-corrected chi connectivity index (χ4v) is 2.67. The molecule has 120 valence electrons. The summed E-state index contributed by atoms with van der Waals surface area (Å²) in [6.07, 6.45) is 13.8. The summed E-state index contributed by atoms with van der Waals surface area (Å²) in [6, 6.07) is -0.260. The Bertz CT molecular complexity index is 246. The molecule has 0 aliphatic carbocycles. The molecule has 0 bridgehead atoms. The largest absolute Gasteiger partial charge is 0.477 e. The molecule has 1 unspecified atom stereocenters. The number of hydrogen-bond acceptors (Lipinski definition) is 1. The molecule has 0 saturated heterocycles. The second kappa shape index (κ2) is 11.1. The lowest BCUT2D eigenvalue weighted by atomic mass is 10.0. The molecular formula is C17H36NO2+. The molecular weight excluding hydrogens is 250 g/mol. The number of carboxylic acids is 1. The van der Waals surface area contributed by atoms with Crippen molar-refractivity contribution in [2.24, 2.45) is 0 Å². The van der Waals surface area contributed by atoms with Gasteiger partial charge in [-0.2, -0.15) is 0 Å². The Morgan fingerprint density at radius 1 is 0.850 bits per heavy atom. The van der Waals surface area contributed by atoms with Crippen LogP contribution in [0.4, 0.5) is 0 Å². The SMILES string of the molecule is CCCCCCCCCCCCC(C(=O)O)[N+](C)(C)C. The van der Waals surface area contributed by atoms with E-state index in [4.69, 9.17) is 0 Å². The van der Waals surface area contributed by atoms with Crippen molar-refractivity contribution in [1.82, 2.24) is 0 Å². The van der Waals surface area contributed by atoms with Gasteiger partial charge in [0.2, 0.25) is 0 Å². The predicted molar refractivity (Wildman–Crippen MR) is 85.9 cm³/mol. The van der Waals surface area contributed by atoms with Crippen LogP contribution in [-0.2, 0) is 4.79 Å². The van der Waals surface area contributed by atoms with Gasteiger partial charge in [-0.1, -0.05) is 64.7 Å². The first-order valence-corrected chi connectivity index (χ1v) is 8.43. The van der Waals surface area contributed by atoms with Crippen LogP contribution in [0.1, 0.15) is 77.6 Å². The van der Waals surface area contributed by atoms with Crippen LogP contribution in [0.25, 0.3) is 0 Å². The van der Waals surface area contributed by atoms with Crippen LogP contribution in [0.5, 0.6) is 0 Å². The zero-order chi connectivity index (χ0) is 15.4. The molecule has 1 N–H and O–H groups in total. The van der Waals surface area contributed by atoms with Crippen LogP contribution in [0.2, 0.25) is 0 Å². The molecule has 0 spiro atoms. The van der Waals surface area contributed by atoms with E-state index in [1.165, 1.54) is 57.8 Å². The summed E-state index contributed by atoms with van der Waals surface area (Å²) in [4.78, 5) is 11.2. The average molecular weight is 286 g/mol. The van der Waals surface area contributed by atoms with Crippen molar-refractivity contribution in [3.8, 4) is 0 Å². The third-order valence-corrected chi connectivity index (χ3v) is 4.05. The standard InChI is InChI=1S/C17H35NO2/c1-5-6-7-8-9-10-11-12-13-14-15-16(17(19)20)18(2,3)4/h16H,5-15H2,1-4H3/p+1. The van der Waals surface area contributed by atoms with E-state index in [9.17, 15) is 9.90 Å². The highest BCUT2D eigenvalue weighted by atomic mass is 16.4. The molecule has 0 aliphatic heterocycles. The van der Waals surface area contributed by atoms with Gasteiger partial charge in [0.1, 0.15) is 0 Å². The highest BCUT2D eigenvalue weighted by molar-refractivity contribution is 5.72. The van der Waals surface area contributed by atoms with Gasteiger partial charge in [0.15, 0.2) is 6.04 Å². The summed E-state index contributed by atoms with van der Waals surface area (Å²) in [5.41, 5.74) is 0. The first-order valence-electron chi connectivity index (χ1n) is 8.43. The highest BCUT2D eigenvalue weighted by Gasteiger charge is 2.30. The van der Waals surface area contributed by atoms with Gasteiger partial charge >= 0.3 is 5.97 Å². The molecule has 0 aliphatic rings. The zero-order valence-electron chi connectivity index (χ0n) is 14.2. The van der Waals surface area contributed by atoms with Gasteiger partial charge in [-0.3, -0.25) is 0 Å². The molecule has 0 aromatic rings. The van der Waals surface area contributed by atoms with Gasteiger partial charge in [0.05, 0.1) is 21.1 Å². The third-order valence-electron chi connectivity index (χ3n) is 4.05. The maximum atomic E-state index is 11.2. The number of carboxylic acid groups (broad SMARTS) is 1. The van der Waals surface area contributed by atoms with E-state index in [-0.39, 0.29) is 6.04 Å². The van der Waals surface area contributed by atoms with Crippen molar-refractivity contribution in [2.45, 2.75) is 83.6 Å². The molecule has 20 heavy (non-hydrogen) atoms. The maximum absolute atomic E-state index is 11.2. The minimum atomic E-state index is -0.659. The molecule has 0 rings (SSSR count). The molecule has 0 aromatic carbocycles. The lowest BCUT2D eigenvalue weighted by molar-refractivity contribution is -0.887. The van der Waals surface area contributed by atoms with Crippen LogP contribution in [0, 0.1) is 0 Å². The number of aliphatic carboxylic acids is 1. The van der Waals surface area contributed by atoms with E-state index in [1.807, 2.05) is 21.1 Å². The van der Waals surface area contributed by atoms with Gasteiger partial charge < -0.3 is 9.59 Å². The second-order valence-corrected chi connectivity index (χ2v) is 6.94. The van der Waals surface area contributed by atoms with E-state index >= 15 is 0 Å². The molecule has 0 aromatic heterocycles. The van der Waals surface area contributed by atoms with Gasteiger partial charge in [-0.25, -0.2) is 4.79 Å². The van der Waals surface area contributed by atoms with E-state index in [0.717, 1.165) is 12.8 Å². The number of unbranched alkanes of at least 4 members (excludes halogenated alkanes) is 9. The molecule has 1 atom stereocenters. The van der Waals surface area contributed by atoms with Crippen molar-refractivity contribution < 1.29 is 14.4 Å². The van der Waals surface area contributed by atoms with Gasteiger partial charge in [-0.15, -0.1) is 0 Å². The first-order chi connectivity index (χ1) is 9.39. The number of likely N-dealkylation sites (N-methyl/N-ethyl adjacent to an activating group) is 1. The van der Waals surface area contributed by atoms with E-state index < -0.39 is 5.97 Å². The molecule has 0 fully saturated rings. The van der Waals surface area contributed by atoms with Crippen molar-refractivity contribution >= 4 is 5.97 Å². The van der Waals surface area contributed by atoms with Gasteiger partial charge in [0.25, 0.3) is 0 Å². The summed E-state index contributed by atoms with van der Waals surface area (Å²) in [5, 5.41) is 9.24. The van der Waals surface area contributed by atoms with Crippen LogP contribution < -0.4 is 0 Å². The minimum Gasteiger partial charge on any atom is -0.477 e. The Hall–Kier alpha value is -0.570. The number of carbonyl (C=O) groups is 1. The number of nitrogens with zero attached hydrogens (tertiary/aromatic N) is 1. The van der Waals surface area contributed by atoms with Crippen LogP contribution in [0.15, 0.2) is 0 Å². The van der Waals surface area contributed by atoms with Crippen molar-refractivity contribution in [3.63, 3.8) is 0 Å². The lowest BCUT2D eigenvalue weighted by Gasteiger charge is -2.31. The van der Waals surface area contributed by atoms with E-state index in [1.54, 1.807) is 0 Å². The normalized spacial score (nSPS) is 13.4. The average Bonchev–Trinajstić information content (AvgIpc) is 2.34. The maximum Gasteiger partial charge on any atom is 0.362 e. The Morgan fingerprint density at radius 3 is 1.60 bits per heavy atom. The quantitative estimate of drug-likeness (QED) is 0.401. The highest BCUT2D eigenvalue weighted by Crippen LogP contribution is 2.15. The Balaban J connectivity index is 3.49. The van der Waals surface area contributed by atoms with Crippen molar-refractivity contribution in [1.29, 1.82) is 0 Å².